The fourth-order valence-corrected chi connectivity index (χ4v) is 5.19. The van der Waals surface area contributed by atoms with Crippen LogP contribution in [0.2, 0.25) is 0 Å². The maximum atomic E-state index is 13.8. The molecule has 1 saturated heterocycles. The largest absolute Gasteiger partial charge is 0.472 e. The van der Waals surface area contributed by atoms with Crippen molar-refractivity contribution in [1.82, 2.24) is 20.1 Å². The first-order valence-corrected chi connectivity index (χ1v) is 13.1. The van der Waals surface area contributed by atoms with Crippen LogP contribution in [-0.4, -0.2) is 63.8 Å². The zero-order valence-electron chi connectivity index (χ0n) is 22.0. The molecule has 1 aromatic carbocycles. The van der Waals surface area contributed by atoms with Gasteiger partial charge in [0, 0.05) is 30.0 Å². The number of hydrogen-bond acceptors (Lipinski definition) is 9. The van der Waals surface area contributed by atoms with Gasteiger partial charge in [0.15, 0.2) is 0 Å². The first kappa shape index (κ1) is 25.7. The van der Waals surface area contributed by atoms with E-state index in [0.29, 0.717) is 24.6 Å². The van der Waals surface area contributed by atoms with Gasteiger partial charge in [0.1, 0.15) is 18.2 Å². The third-order valence-corrected chi connectivity index (χ3v) is 7.25. The molecule has 200 valence electrons. The Morgan fingerprint density at radius 3 is 2.82 bits per heavy atom. The Kier molecular flexibility index (Phi) is 7.31. The molecule has 0 aliphatic carbocycles. The molecule has 2 aromatic heterocycles. The molecule has 10 nitrogen and oxygen atoms in total. The number of aromatic nitrogens is 3. The number of pyridine rings is 1. The monoisotopic (exact) mass is 519 g/mol. The molecule has 0 unspecified atom stereocenters. The molecule has 10 heteroatoms. The Morgan fingerprint density at radius 1 is 1.24 bits per heavy atom. The molecule has 1 fully saturated rings. The Hall–Kier alpha value is -3.95. The van der Waals surface area contributed by atoms with Crippen molar-refractivity contribution in [3.05, 3.63) is 48.0 Å². The van der Waals surface area contributed by atoms with Gasteiger partial charge in [0.25, 0.3) is 0 Å². The predicted octanol–water partition coefficient (Wildman–Crippen LogP) is 3.80. The highest BCUT2D eigenvalue weighted by molar-refractivity contribution is 5.94. The fourth-order valence-electron chi connectivity index (χ4n) is 5.19. The number of carbonyl (C=O) groups is 2. The number of nitrogens with zero attached hydrogens (tertiary/aromatic N) is 4. The summed E-state index contributed by atoms with van der Waals surface area (Å²) in [5.41, 5.74) is 2.07. The van der Waals surface area contributed by atoms with Crippen LogP contribution < -0.4 is 10.1 Å². The fraction of sp³-hybridized carbons (Fsp3) is 0.464. The highest BCUT2D eigenvalue weighted by atomic mass is 16.5. The van der Waals surface area contributed by atoms with Gasteiger partial charge in [-0.2, -0.15) is 0 Å². The van der Waals surface area contributed by atoms with Crippen molar-refractivity contribution >= 4 is 34.7 Å². The molecule has 3 aromatic rings. The van der Waals surface area contributed by atoms with Gasteiger partial charge in [-0.15, -0.1) is 5.10 Å². The summed E-state index contributed by atoms with van der Waals surface area (Å²) in [4.78, 5) is 32.7. The first-order chi connectivity index (χ1) is 18.4. The molecule has 5 rings (SSSR count). The second kappa shape index (κ2) is 10.8. The van der Waals surface area contributed by atoms with Crippen molar-refractivity contribution in [1.29, 1.82) is 0 Å². The van der Waals surface area contributed by atoms with Crippen LogP contribution in [0.5, 0.6) is 5.88 Å². The Labute approximate surface area is 221 Å². The highest BCUT2D eigenvalue weighted by Gasteiger charge is 2.44. The minimum atomic E-state index is -0.782. The summed E-state index contributed by atoms with van der Waals surface area (Å²) in [6.45, 7) is 7.98. The lowest BCUT2D eigenvalue weighted by molar-refractivity contribution is -0.151. The normalized spacial score (nSPS) is 22.1. The number of hydrogen-bond donors (Lipinski definition) is 1. The Bertz CT molecular complexity index is 1350. The van der Waals surface area contributed by atoms with Crippen LogP contribution in [0.4, 0.5) is 6.01 Å². The van der Waals surface area contributed by atoms with Crippen LogP contribution in [0, 0.1) is 5.92 Å². The van der Waals surface area contributed by atoms with Gasteiger partial charge in [-0.05, 0) is 42.2 Å². The number of benzene rings is 1. The third kappa shape index (κ3) is 5.07. The molecule has 0 radical (unpaired) electrons. The number of ether oxygens (including phenoxy) is 2. The van der Waals surface area contributed by atoms with Crippen molar-refractivity contribution in [2.45, 2.75) is 64.1 Å². The first-order valence-electron chi connectivity index (χ1n) is 13.1. The lowest BCUT2D eigenvalue weighted by atomic mass is 10.0. The van der Waals surface area contributed by atoms with Gasteiger partial charge in [-0.3, -0.25) is 4.79 Å². The summed E-state index contributed by atoms with van der Waals surface area (Å²) in [6.07, 6.45) is 6.68. The lowest BCUT2D eigenvalue weighted by Crippen LogP contribution is -2.50. The van der Waals surface area contributed by atoms with Crippen molar-refractivity contribution in [3.8, 4) is 5.88 Å². The molecule has 4 heterocycles. The van der Waals surface area contributed by atoms with Crippen LogP contribution in [0.25, 0.3) is 16.8 Å². The van der Waals surface area contributed by atoms with Gasteiger partial charge in [-0.1, -0.05) is 43.7 Å². The molecule has 1 amide bonds. The van der Waals surface area contributed by atoms with Crippen molar-refractivity contribution in [2.75, 3.05) is 19.0 Å². The number of nitrogens with one attached hydrogen (secondary N) is 1. The van der Waals surface area contributed by atoms with Crippen LogP contribution >= 0.6 is 0 Å². The van der Waals surface area contributed by atoms with Gasteiger partial charge < -0.3 is 24.1 Å². The summed E-state index contributed by atoms with van der Waals surface area (Å²) >= 11 is 0. The third-order valence-electron chi connectivity index (χ3n) is 7.25. The molecule has 1 N–H and O–H groups in total. The molecule has 6 bridgehead atoms. The summed E-state index contributed by atoms with van der Waals surface area (Å²) in [5, 5.41) is 13.2. The smallest absolute Gasteiger partial charge is 0.328 e. The maximum absolute atomic E-state index is 13.8. The van der Waals surface area contributed by atoms with Crippen molar-refractivity contribution in [2.24, 2.45) is 5.92 Å². The van der Waals surface area contributed by atoms with Gasteiger partial charge in [0.2, 0.25) is 17.7 Å². The average Bonchev–Trinajstić information content (AvgIpc) is 3.55. The second-order valence-electron chi connectivity index (χ2n) is 10.2. The van der Waals surface area contributed by atoms with Crippen LogP contribution in [0.15, 0.2) is 35.4 Å². The molecular formula is C28H33N5O5. The zero-order chi connectivity index (χ0) is 26.8. The minimum Gasteiger partial charge on any atom is -0.472 e. The van der Waals surface area contributed by atoms with Gasteiger partial charge in [-0.25, -0.2) is 9.78 Å². The van der Waals surface area contributed by atoms with Gasteiger partial charge >= 0.3 is 12.0 Å². The number of rotatable bonds is 3. The SMILES string of the molecule is C=Cc1cnc2c3cc(ccc13)CCCCc1nnc(o1)N[C@@H](C(C)C)C(=O)N1C[C@@H](C[C@H]1C(=O)OC)O2. The number of fused-ring (bicyclic) bond motifs is 5. The molecular weight excluding hydrogens is 486 g/mol. The van der Waals surface area contributed by atoms with E-state index in [-0.39, 0.29) is 24.4 Å². The molecule has 38 heavy (non-hydrogen) atoms. The standard InChI is InChI=1S/C28H33N5O5/c1-5-18-14-29-25-21-12-17(10-11-20(18)21)8-6-7-9-23-31-32-28(38-23)30-24(16(2)3)26(34)33-15-19(37-25)13-22(33)27(35)36-4/h5,10-12,14,16,19,22,24H,1,6-9,13,15H2,2-4H3,(H,30,32)/t19-,22+,24+/m1/s1. The number of carbonyl (C=O) groups excluding carboxylic acids is 2. The van der Waals surface area contributed by atoms with E-state index in [9.17, 15) is 9.59 Å². The Morgan fingerprint density at radius 2 is 2.05 bits per heavy atom. The zero-order valence-corrected chi connectivity index (χ0v) is 22.0. The summed E-state index contributed by atoms with van der Waals surface area (Å²) in [5.74, 6) is 0.137. The van der Waals surface area contributed by atoms with Gasteiger partial charge in [0.05, 0.1) is 13.7 Å². The maximum Gasteiger partial charge on any atom is 0.328 e. The van der Waals surface area contributed by atoms with Crippen molar-refractivity contribution < 1.29 is 23.5 Å². The van der Waals surface area contributed by atoms with Crippen molar-refractivity contribution in [3.63, 3.8) is 0 Å². The topological polar surface area (TPSA) is 120 Å². The van der Waals surface area contributed by atoms with E-state index >= 15 is 0 Å². The van der Waals surface area contributed by atoms with Crippen LogP contribution in [0.1, 0.15) is 50.1 Å². The molecule has 0 spiro atoms. The number of amides is 1. The van der Waals surface area contributed by atoms with E-state index in [1.807, 2.05) is 13.8 Å². The summed E-state index contributed by atoms with van der Waals surface area (Å²) in [7, 11) is 1.32. The quantitative estimate of drug-likeness (QED) is 0.515. The minimum absolute atomic E-state index is 0.114. The van der Waals surface area contributed by atoms with E-state index in [1.54, 1.807) is 12.3 Å². The predicted molar refractivity (Wildman–Crippen MR) is 142 cm³/mol. The molecule has 3 atom stereocenters. The summed E-state index contributed by atoms with van der Waals surface area (Å²) < 4.78 is 17.3. The number of aryl methyl sites for hydroxylation is 2. The molecule has 0 saturated carbocycles. The number of methoxy groups -OCH3 is 1. The van der Waals surface area contributed by atoms with E-state index in [2.05, 4.69) is 45.3 Å². The molecule has 2 aliphatic rings. The van der Waals surface area contributed by atoms with E-state index < -0.39 is 24.2 Å². The van der Waals surface area contributed by atoms with E-state index in [1.165, 1.54) is 12.0 Å². The van der Waals surface area contributed by atoms with Crippen LogP contribution in [0.3, 0.4) is 0 Å². The Balaban J connectivity index is 1.55. The van der Waals surface area contributed by atoms with Crippen LogP contribution in [-0.2, 0) is 27.2 Å². The second-order valence-corrected chi connectivity index (χ2v) is 10.2. The number of anilines is 1. The summed E-state index contributed by atoms with van der Waals surface area (Å²) in [6, 6.07) is 5.02. The number of esters is 1. The highest BCUT2D eigenvalue weighted by Crippen LogP contribution is 2.32. The van der Waals surface area contributed by atoms with E-state index in [4.69, 9.17) is 13.9 Å². The molecule has 2 aliphatic heterocycles. The lowest BCUT2D eigenvalue weighted by Gasteiger charge is -2.29. The average molecular weight is 520 g/mol. The van der Waals surface area contributed by atoms with E-state index in [0.717, 1.165) is 41.2 Å².